The van der Waals surface area contributed by atoms with Crippen molar-refractivity contribution in [1.29, 1.82) is 0 Å². The molecular formula is C21H30FN3O2. The van der Waals surface area contributed by atoms with Crippen LogP contribution in [0.1, 0.15) is 50.5 Å². The van der Waals surface area contributed by atoms with Crippen molar-refractivity contribution in [1.82, 2.24) is 15.1 Å². The minimum atomic E-state index is -0.715. The molecule has 1 saturated heterocycles. The smallest absolute Gasteiger partial charge is 0.318 e. The van der Waals surface area contributed by atoms with Crippen molar-refractivity contribution in [2.45, 2.75) is 61.6 Å². The molecule has 1 aliphatic heterocycles. The van der Waals surface area contributed by atoms with Gasteiger partial charge in [0, 0.05) is 12.1 Å². The third-order valence-electron chi connectivity index (χ3n) is 7.35. The fourth-order valence-corrected chi connectivity index (χ4v) is 5.27. The molecule has 2 N–H and O–H groups in total. The number of β-amino-alcohol motifs (C(OH)–C–C–N with tert-alkyl or cyclic N) is 1. The van der Waals surface area contributed by atoms with Crippen LogP contribution >= 0.6 is 0 Å². The van der Waals surface area contributed by atoms with E-state index in [-0.39, 0.29) is 22.9 Å². The molecule has 0 atom stereocenters. The summed E-state index contributed by atoms with van der Waals surface area (Å²) in [6, 6.07) is 6.86. The molecule has 4 rings (SSSR count). The van der Waals surface area contributed by atoms with Gasteiger partial charge in [0.2, 0.25) is 0 Å². The number of carbonyl (C=O) groups excluding carboxylic acids is 1. The maximum Gasteiger partial charge on any atom is 0.318 e. The van der Waals surface area contributed by atoms with Crippen molar-refractivity contribution in [3.63, 3.8) is 0 Å². The first-order valence-electron chi connectivity index (χ1n) is 10.0. The predicted octanol–water partition coefficient (Wildman–Crippen LogP) is 2.84. The molecule has 2 saturated carbocycles. The number of urea groups is 1. The van der Waals surface area contributed by atoms with E-state index < -0.39 is 5.60 Å². The summed E-state index contributed by atoms with van der Waals surface area (Å²) < 4.78 is 13.9. The molecule has 1 aromatic carbocycles. The number of rotatable bonds is 4. The van der Waals surface area contributed by atoms with Gasteiger partial charge in [-0.25, -0.2) is 9.18 Å². The van der Waals surface area contributed by atoms with Crippen LogP contribution in [0.15, 0.2) is 24.3 Å². The molecule has 3 fully saturated rings. The van der Waals surface area contributed by atoms with Gasteiger partial charge in [0.05, 0.1) is 17.7 Å². The van der Waals surface area contributed by atoms with Crippen LogP contribution in [0.5, 0.6) is 0 Å². The number of hydrogen-bond acceptors (Lipinski definition) is 3. The molecule has 0 radical (unpaired) electrons. The summed E-state index contributed by atoms with van der Waals surface area (Å²) in [5.41, 5.74) is -0.176. The van der Waals surface area contributed by atoms with Crippen LogP contribution in [0.2, 0.25) is 0 Å². The summed E-state index contributed by atoms with van der Waals surface area (Å²) in [6.07, 6.45) is 5.98. The van der Waals surface area contributed by atoms with Crippen molar-refractivity contribution in [2.24, 2.45) is 0 Å². The highest BCUT2D eigenvalue weighted by Crippen LogP contribution is 2.48. The van der Waals surface area contributed by atoms with Crippen molar-refractivity contribution in [2.75, 3.05) is 27.2 Å². The van der Waals surface area contributed by atoms with Gasteiger partial charge < -0.3 is 15.3 Å². The molecule has 1 aromatic rings. The third kappa shape index (κ3) is 3.03. The van der Waals surface area contributed by atoms with Gasteiger partial charge in [0.1, 0.15) is 5.82 Å². The molecule has 3 aliphatic rings. The number of nitrogens with one attached hydrogen (secondary N) is 1. The van der Waals surface area contributed by atoms with Crippen LogP contribution in [0.3, 0.4) is 0 Å². The fraction of sp³-hybridized carbons (Fsp3) is 0.667. The largest absolute Gasteiger partial charge is 0.388 e. The van der Waals surface area contributed by atoms with Gasteiger partial charge in [-0.3, -0.25) is 4.90 Å². The summed E-state index contributed by atoms with van der Waals surface area (Å²) in [4.78, 5) is 16.6. The lowest BCUT2D eigenvalue weighted by atomic mass is 9.68. The van der Waals surface area contributed by atoms with Crippen molar-refractivity contribution in [3.8, 4) is 0 Å². The molecule has 27 heavy (non-hydrogen) atoms. The van der Waals surface area contributed by atoms with Crippen LogP contribution in [-0.4, -0.2) is 59.3 Å². The van der Waals surface area contributed by atoms with Gasteiger partial charge in [-0.2, -0.15) is 0 Å². The first-order chi connectivity index (χ1) is 12.8. The highest BCUT2D eigenvalue weighted by Gasteiger charge is 2.54. The lowest BCUT2D eigenvalue weighted by molar-refractivity contribution is -0.0725. The number of benzene rings is 1. The van der Waals surface area contributed by atoms with Crippen molar-refractivity contribution >= 4 is 6.03 Å². The highest BCUT2D eigenvalue weighted by molar-refractivity contribution is 5.78. The lowest BCUT2D eigenvalue weighted by Crippen LogP contribution is -2.59. The first kappa shape index (κ1) is 18.7. The van der Waals surface area contributed by atoms with Crippen LogP contribution in [0.4, 0.5) is 9.18 Å². The van der Waals surface area contributed by atoms with Crippen LogP contribution in [-0.2, 0) is 5.54 Å². The van der Waals surface area contributed by atoms with Gasteiger partial charge in [0.25, 0.3) is 0 Å². The van der Waals surface area contributed by atoms with E-state index in [2.05, 4.69) is 24.3 Å². The van der Waals surface area contributed by atoms with Crippen molar-refractivity contribution < 1.29 is 14.3 Å². The zero-order chi connectivity index (χ0) is 19.3. The molecule has 2 amide bonds. The number of halogens is 1. The van der Waals surface area contributed by atoms with E-state index in [0.717, 1.165) is 50.5 Å². The van der Waals surface area contributed by atoms with Crippen LogP contribution < -0.4 is 5.32 Å². The Balaban J connectivity index is 1.58. The summed E-state index contributed by atoms with van der Waals surface area (Å²) in [5.74, 6) is -0.208. The molecule has 1 spiro atoms. The number of nitrogens with zero attached hydrogens (tertiary/aromatic N) is 2. The maximum atomic E-state index is 13.9. The molecule has 5 nitrogen and oxygen atoms in total. The summed E-state index contributed by atoms with van der Waals surface area (Å²) in [6.45, 7) is 1.06. The van der Waals surface area contributed by atoms with Gasteiger partial charge in [-0.05, 0) is 76.7 Å². The Kier molecular flexibility index (Phi) is 4.47. The van der Waals surface area contributed by atoms with E-state index >= 15 is 0 Å². The quantitative estimate of drug-likeness (QED) is 0.851. The second-order valence-corrected chi connectivity index (χ2v) is 8.98. The summed E-state index contributed by atoms with van der Waals surface area (Å²) in [7, 11) is 4.10. The Bertz CT molecular complexity index is 724. The SMILES string of the molecule is CN(C)[C@]1(c2cccc(F)c2)CC[C@]2(CC1)CNC(=O)N2CC1(O)CCC1. The lowest BCUT2D eigenvalue weighted by Gasteiger charge is -2.52. The number of aliphatic hydroxyl groups is 1. The Labute approximate surface area is 160 Å². The molecule has 0 bridgehead atoms. The monoisotopic (exact) mass is 375 g/mol. The van der Waals surface area contributed by atoms with Crippen LogP contribution in [0.25, 0.3) is 0 Å². The molecule has 0 unspecified atom stereocenters. The topological polar surface area (TPSA) is 55.8 Å². The third-order valence-corrected chi connectivity index (χ3v) is 7.35. The Hall–Kier alpha value is -1.66. The van der Waals surface area contributed by atoms with Crippen molar-refractivity contribution in [3.05, 3.63) is 35.6 Å². The molecule has 6 heteroatoms. The zero-order valence-electron chi connectivity index (χ0n) is 16.3. The zero-order valence-corrected chi connectivity index (χ0v) is 16.3. The van der Waals surface area contributed by atoms with E-state index in [1.807, 2.05) is 11.0 Å². The summed E-state index contributed by atoms with van der Waals surface area (Å²) >= 11 is 0. The average Bonchev–Trinajstić information content (AvgIpc) is 2.91. The molecular weight excluding hydrogens is 345 g/mol. The van der Waals surface area contributed by atoms with E-state index in [1.54, 1.807) is 12.1 Å². The second-order valence-electron chi connectivity index (χ2n) is 8.98. The maximum absolute atomic E-state index is 13.9. The van der Waals surface area contributed by atoms with Gasteiger partial charge >= 0.3 is 6.03 Å². The normalized spacial score (nSPS) is 32.6. The molecule has 1 heterocycles. The Morgan fingerprint density at radius 3 is 2.44 bits per heavy atom. The number of amides is 2. The van der Waals surface area contributed by atoms with Gasteiger partial charge in [-0.1, -0.05) is 12.1 Å². The highest BCUT2D eigenvalue weighted by atomic mass is 19.1. The minimum absolute atomic E-state index is 0.0570. The van der Waals surface area contributed by atoms with E-state index in [4.69, 9.17) is 0 Å². The predicted molar refractivity (Wildman–Crippen MR) is 102 cm³/mol. The van der Waals surface area contributed by atoms with Gasteiger partial charge in [0.15, 0.2) is 0 Å². The summed E-state index contributed by atoms with van der Waals surface area (Å²) in [5, 5.41) is 13.6. The Morgan fingerprint density at radius 1 is 1.19 bits per heavy atom. The first-order valence-corrected chi connectivity index (χ1v) is 10.0. The second kappa shape index (κ2) is 6.45. The molecule has 0 aromatic heterocycles. The van der Waals surface area contributed by atoms with E-state index in [1.165, 1.54) is 6.07 Å². The van der Waals surface area contributed by atoms with Gasteiger partial charge in [-0.15, -0.1) is 0 Å². The van der Waals surface area contributed by atoms with Crippen LogP contribution in [0, 0.1) is 5.82 Å². The molecule has 2 aliphatic carbocycles. The fourth-order valence-electron chi connectivity index (χ4n) is 5.27. The number of hydrogen-bond donors (Lipinski definition) is 2. The Morgan fingerprint density at radius 2 is 1.89 bits per heavy atom. The molecule has 148 valence electrons. The van der Waals surface area contributed by atoms with E-state index in [9.17, 15) is 14.3 Å². The standard InChI is InChI=1S/C21H30FN3O2/c1-24(2)21(16-5-3-6-17(22)13-16)11-9-19(10-12-21)14-23-18(26)25(19)15-20(27)7-4-8-20/h3,5-6,13,27H,4,7-12,14-15H2,1-2H3,(H,23,26)/t19-,21+. The average molecular weight is 375 g/mol. The number of carbonyl (C=O) groups is 1. The minimum Gasteiger partial charge on any atom is -0.388 e. The van der Waals surface area contributed by atoms with E-state index in [0.29, 0.717) is 13.1 Å².